The molecule has 2 aromatic heterocycles. The zero-order valence-electron chi connectivity index (χ0n) is 13.2. The van der Waals surface area contributed by atoms with Gasteiger partial charge in [0.25, 0.3) is 11.6 Å². The highest BCUT2D eigenvalue weighted by molar-refractivity contribution is 6.31. The highest BCUT2D eigenvalue weighted by atomic mass is 35.5. The zero-order valence-corrected chi connectivity index (χ0v) is 13.9. The molecule has 4 rings (SSSR count). The summed E-state index contributed by atoms with van der Waals surface area (Å²) in [6.07, 6.45) is 2.21. The van der Waals surface area contributed by atoms with Gasteiger partial charge in [-0.05, 0) is 37.5 Å². The summed E-state index contributed by atoms with van der Waals surface area (Å²) in [5.74, 6) is 0.255. The topological polar surface area (TPSA) is 68.0 Å². The first-order chi connectivity index (χ1) is 11.6. The van der Waals surface area contributed by atoms with Gasteiger partial charge in [-0.2, -0.15) is 0 Å². The Kier molecular flexibility index (Phi) is 3.73. The highest BCUT2D eigenvalue weighted by Gasteiger charge is 2.28. The van der Waals surface area contributed by atoms with Gasteiger partial charge in [0, 0.05) is 23.2 Å². The van der Waals surface area contributed by atoms with E-state index in [9.17, 15) is 4.79 Å². The Morgan fingerprint density at radius 3 is 2.92 bits per heavy atom. The van der Waals surface area contributed by atoms with E-state index in [4.69, 9.17) is 16.1 Å². The number of hydrogen-bond acceptors (Lipinski definition) is 4. The summed E-state index contributed by atoms with van der Waals surface area (Å²) >= 11 is 6.15. The number of carbonyl (C=O) groups excluding carboxylic acids is 1. The molecule has 6 heteroatoms. The number of benzene rings is 1. The molecule has 0 aliphatic heterocycles. The van der Waals surface area contributed by atoms with E-state index in [-0.39, 0.29) is 5.91 Å². The summed E-state index contributed by atoms with van der Waals surface area (Å²) in [7, 11) is 0. The summed E-state index contributed by atoms with van der Waals surface area (Å²) in [4.78, 5) is 17.2. The maximum absolute atomic E-state index is 12.7. The Labute approximate surface area is 144 Å². The Bertz CT molecular complexity index is 931. The Morgan fingerprint density at radius 1 is 1.38 bits per heavy atom. The van der Waals surface area contributed by atoms with Crippen LogP contribution in [0.5, 0.6) is 0 Å². The average molecular weight is 342 g/mol. The summed E-state index contributed by atoms with van der Waals surface area (Å²) in [5, 5.41) is 8.20. The van der Waals surface area contributed by atoms with Crippen molar-refractivity contribution >= 4 is 28.6 Å². The number of nitrogens with zero attached hydrogens (tertiary/aromatic N) is 2. The minimum Gasteiger partial charge on any atom is -0.348 e. The van der Waals surface area contributed by atoms with Gasteiger partial charge in [0.15, 0.2) is 0 Å². The number of carbonyl (C=O) groups is 1. The molecule has 24 heavy (non-hydrogen) atoms. The van der Waals surface area contributed by atoms with Gasteiger partial charge in [0.05, 0.1) is 16.6 Å². The number of hydrogen-bond donors (Lipinski definition) is 1. The summed E-state index contributed by atoms with van der Waals surface area (Å²) < 4.78 is 5.28. The summed E-state index contributed by atoms with van der Waals surface area (Å²) in [5.41, 5.74) is 3.44. The predicted octanol–water partition coefficient (Wildman–Crippen LogP) is 3.99. The molecule has 1 aliphatic carbocycles. The molecule has 3 aromatic rings. The van der Waals surface area contributed by atoms with Crippen LogP contribution in [-0.2, 0) is 6.54 Å². The summed E-state index contributed by atoms with van der Waals surface area (Å²) in [6, 6.07) is 9.33. The van der Waals surface area contributed by atoms with Gasteiger partial charge in [0.2, 0.25) is 0 Å². The van der Waals surface area contributed by atoms with Crippen LogP contribution in [0.1, 0.15) is 46.1 Å². The van der Waals surface area contributed by atoms with E-state index in [0.717, 1.165) is 24.1 Å². The predicted molar refractivity (Wildman–Crippen MR) is 91.1 cm³/mol. The second-order valence-electron chi connectivity index (χ2n) is 6.09. The molecule has 0 spiro atoms. The van der Waals surface area contributed by atoms with Crippen molar-refractivity contribution in [3.63, 3.8) is 0 Å². The fraction of sp³-hybridized carbons (Fsp3) is 0.278. The van der Waals surface area contributed by atoms with Crippen molar-refractivity contribution in [3.05, 3.63) is 57.9 Å². The number of fused-ring (bicyclic) bond motifs is 1. The van der Waals surface area contributed by atoms with Crippen molar-refractivity contribution in [2.75, 3.05) is 0 Å². The lowest BCUT2D eigenvalue weighted by Crippen LogP contribution is -2.23. The van der Waals surface area contributed by atoms with Crippen molar-refractivity contribution in [1.29, 1.82) is 0 Å². The maximum Gasteiger partial charge on any atom is 0.259 e. The van der Waals surface area contributed by atoms with E-state index in [1.54, 1.807) is 0 Å². The van der Waals surface area contributed by atoms with E-state index in [1.165, 1.54) is 0 Å². The Morgan fingerprint density at radius 2 is 2.17 bits per heavy atom. The monoisotopic (exact) mass is 341 g/mol. The van der Waals surface area contributed by atoms with Gasteiger partial charge in [-0.3, -0.25) is 4.79 Å². The minimum absolute atomic E-state index is 0.171. The molecule has 1 amide bonds. The van der Waals surface area contributed by atoms with Crippen molar-refractivity contribution in [2.45, 2.75) is 32.2 Å². The number of amides is 1. The molecule has 0 saturated heterocycles. The normalized spacial score (nSPS) is 14.1. The third-order valence-electron chi connectivity index (χ3n) is 4.27. The van der Waals surface area contributed by atoms with Gasteiger partial charge in [0.1, 0.15) is 0 Å². The fourth-order valence-corrected chi connectivity index (χ4v) is 3.00. The molecule has 1 aliphatic rings. The van der Waals surface area contributed by atoms with Crippen LogP contribution in [0.25, 0.3) is 11.1 Å². The third-order valence-corrected chi connectivity index (χ3v) is 4.64. The van der Waals surface area contributed by atoms with Crippen LogP contribution >= 0.6 is 11.6 Å². The number of halogens is 1. The molecule has 1 fully saturated rings. The molecule has 1 aromatic carbocycles. The fourth-order valence-electron chi connectivity index (χ4n) is 2.79. The van der Waals surface area contributed by atoms with Crippen molar-refractivity contribution in [1.82, 2.24) is 15.5 Å². The molecule has 1 saturated carbocycles. The molecule has 122 valence electrons. The quantitative estimate of drug-likeness (QED) is 0.779. The standard InChI is InChI=1S/C18H16ClN3O2/c1-10-16-13(8-15(11-6-7-11)21-18(16)24-22-10)17(23)20-9-12-4-2-3-5-14(12)19/h2-5,8,11H,6-7,9H2,1H3,(H,20,23). The van der Waals surface area contributed by atoms with Crippen LogP contribution in [0.4, 0.5) is 0 Å². The van der Waals surface area contributed by atoms with E-state index in [2.05, 4.69) is 15.5 Å². The van der Waals surface area contributed by atoms with E-state index < -0.39 is 0 Å². The van der Waals surface area contributed by atoms with Crippen LogP contribution in [0.3, 0.4) is 0 Å². The van der Waals surface area contributed by atoms with Crippen LogP contribution in [0.2, 0.25) is 5.02 Å². The molecule has 0 unspecified atom stereocenters. The van der Waals surface area contributed by atoms with Crippen LogP contribution < -0.4 is 5.32 Å². The smallest absolute Gasteiger partial charge is 0.259 e. The summed E-state index contributed by atoms with van der Waals surface area (Å²) in [6.45, 7) is 2.18. The minimum atomic E-state index is -0.171. The van der Waals surface area contributed by atoms with Crippen LogP contribution in [-0.4, -0.2) is 16.0 Å². The Balaban J connectivity index is 1.66. The van der Waals surface area contributed by atoms with Crippen molar-refractivity contribution in [2.24, 2.45) is 0 Å². The van der Waals surface area contributed by atoms with Crippen LogP contribution in [0.15, 0.2) is 34.9 Å². The molecule has 1 N–H and O–H groups in total. The SMILES string of the molecule is Cc1noc2nc(C3CC3)cc(C(=O)NCc3ccccc3Cl)c12. The lowest BCUT2D eigenvalue weighted by atomic mass is 10.1. The average Bonchev–Trinajstić information content (AvgIpc) is 3.37. The number of rotatable bonds is 4. The van der Waals surface area contributed by atoms with Gasteiger partial charge in [-0.1, -0.05) is 35.0 Å². The molecular weight excluding hydrogens is 326 g/mol. The van der Waals surface area contributed by atoms with E-state index in [1.807, 2.05) is 37.3 Å². The Hall–Kier alpha value is -2.40. The van der Waals surface area contributed by atoms with Gasteiger partial charge in [-0.15, -0.1) is 0 Å². The lowest BCUT2D eigenvalue weighted by molar-refractivity contribution is 0.0952. The van der Waals surface area contributed by atoms with Crippen molar-refractivity contribution in [3.8, 4) is 0 Å². The van der Waals surface area contributed by atoms with E-state index in [0.29, 0.717) is 39.8 Å². The number of aromatic nitrogens is 2. The largest absolute Gasteiger partial charge is 0.348 e. The first-order valence-electron chi connectivity index (χ1n) is 7.92. The third kappa shape index (κ3) is 2.76. The highest BCUT2D eigenvalue weighted by Crippen LogP contribution is 2.40. The first-order valence-corrected chi connectivity index (χ1v) is 8.30. The number of aryl methyl sites for hydroxylation is 1. The lowest BCUT2D eigenvalue weighted by Gasteiger charge is -2.09. The number of nitrogens with one attached hydrogen (secondary N) is 1. The molecule has 5 nitrogen and oxygen atoms in total. The molecule has 2 heterocycles. The second kappa shape index (κ2) is 5.91. The number of pyridine rings is 1. The van der Waals surface area contributed by atoms with Crippen molar-refractivity contribution < 1.29 is 9.32 Å². The zero-order chi connectivity index (χ0) is 16.7. The van der Waals surface area contributed by atoms with Gasteiger partial charge >= 0.3 is 0 Å². The molecule has 0 radical (unpaired) electrons. The van der Waals surface area contributed by atoms with Crippen LogP contribution in [0, 0.1) is 6.92 Å². The van der Waals surface area contributed by atoms with Gasteiger partial charge < -0.3 is 9.84 Å². The molecule has 0 bridgehead atoms. The maximum atomic E-state index is 12.7. The second-order valence-corrected chi connectivity index (χ2v) is 6.50. The van der Waals surface area contributed by atoms with E-state index >= 15 is 0 Å². The molecular formula is C18H16ClN3O2. The van der Waals surface area contributed by atoms with Gasteiger partial charge in [-0.25, -0.2) is 4.98 Å². The molecule has 0 atom stereocenters. The first kappa shape index (κ1) is 15.1.